The molecule has 0 unspecified atom stereocenters. The minimum absolute atomic E-state index is 0.114. The fourth-order valence-corrected chi connectivity index (χ4v) is 5.78. The van der Waals surface area contributed by atoms with E-state index in [0.29, 0.717) is 56.3 Å². The number of anilines is 2. The number of piperidine rings is 1. The SMILES string of the molecule is Cc1ccc(S(=O)(=O)N2CCCCC2)cc1NC(=O)c1cc([N+](=O)[O-])ccc1N1CCOCC1. The van der Waals surface area contributed by atoms with Crippen LogP contribution in [0.25, 0.3) is 0 Å². The van der Waals surface area contributed by atoms with Crippen LogP contribution in [0, 0.1) is 17.0 Å². The van der Waals surface area contributed by atoms with E-state index in [4.69, 9.17) is 4.74 Å². The topological polar surface area (TPSA) is 122 Å². The maximum absolute atomic E-state index is 13.3. The predicted molar refractivity (Wildman–Crippen MR) is 128 cm³/mol. The summed E-state index contributed by atoms with van der Waals surface area (Å²) in [4.78, 5) is 26.2. The lowest BCUT2D eigenvalue weighted by molar-refractivity contribution is -0.384. The summed E-state index contributed by atoms with van der Waals surface area (Å²) in [5.74, 6) is -0.541. The smallest absolute Gasteiger partial charge is 0.270 e. The Balaban J connectivity index is 1.65. The van der Waals surface area contributed by atoms with Crippen molar-refractivity contribution in [3.05, 3.63) is 57.6 Å². The summed E-state index contributed by atoms with van der Waals surface area (Å²) < 4.78 is 33.1. The molecule has 2 aromatic carbocycles. The number of nitrogens with zero attached hydrogens (tertiary/aromatic N) is 3. The number of nitro benzene ring substituents is 1. The van der Waals surface area contributed by atoms with Gasteiger partial charge in [-0.2, -0.15) is 4.31 Å². The van der Waals surface area contributed by atoms with Gasteiger partial charge >= 0.3 is 0 Å². The van der Waals surface area contributed by atoms with Gasteiger partial charge in [-0.15, -0.1) is 0 Å². The van der Waals surface area contributed by atoms with Gasteiger partial charge in [0.25, 0.3) is 11.6 Å². The monoisotopic (exact) mass is 488 g/mol. The van der Waals surface area contributed by atoms with Crippen LogP contribution in [-0.4, -0.2) is 62.9 Å². The van der Waals surface area contributed by atoms with Crippen molar-refractivity contribution in [2.24, 2.45) is 0 Å². The Hall–Kier alpha value is -3.02. The highest BCUT2D eigenvalue weighted by atomic mass is 32.2. The number of benzene rings is 2. The van der Waals surface area contributed by atoms with E-state index in [9.17, 15) is 23.3 Å². The zero-order chi connectivity index (χ0) is 24.3. The maximum Gasteiger partial charge on any atom is 0.270 e. The molecule has 2 saturated heterocycles. The molecule has 0 bridgehead atoms. The van der Waals surface area contributed by atoms with E-state index in [2.05, 4.69) is 5.32 Å². The van der Waals surface area contributed by atoms with E-state index in [1.165, 1.54) is 22.5 Å². The van der Waals surface area contributed by atoms with Gasteiger partial charge in [0.1, 0.15) is 0 Å². The molecule has 2 aromatic rings. The highest BCUT2D eigenvalue weighted by molar-refractivity contribution is 7.89. The second-order valence-corrected chi connectivity index (χ2v) is 10.4. The van der Waals surface area contributed by atoms with Crippen molar-refractivity contribution >= 4 is 33.0 Å². The molecule has 0 saturated carbocycles. The molecule has 1 N–H and O–H groups in total. The van der Waals surface area contributed by atoms with Gasteiger partial charge in [-0.3, -0.25) is 14.9 Å². The van der Waals surface area contributed by atoms with Crippen molar-refractivity contribution in [1.29, 1.82) is 0 Å². The number of nitrogens with one attached hydrogen (secondary N) is 1. The van der Waals surface area contributed by atoms with E-state index in [1.54, 1.807) is 25.1 Å². The molecule has 2 aliphatic heterocycles. The van der Waals surface area contributed by atoms with Crippen LogP contribution in [0.3, 0.4) is 0 Å². The molecule has 2 aliphatic rings. The third-order valence-electron chi connectivity index (χ3n) is 6.20. The lowest BCUT2D eigenvalue weighted by atomic mass is 10.1. The van der Waals surface area contributed by atoms with Crippen LogP contribution in [0.4, 0.5) is 17.1 Å². The Morgan fingerprint density at radius 1 is 1.03 bits per heavy atom. The van der Waals surface area contributed by atoms with Gasteiger partial charge in [0.15, 0.2) is 0 Å². The first-order valence-electron chi connectivity index (χ1n) is 11.3. The molecule has 10 nitrogen and oxygen atoms in total. The van der Waals surface area contributed by atoms with Crippen LogP contribution in [0.2, 0.25) is 0 Å². The molecule has 0 aromatic heterocycles. The second kappa shape index (κ2) is 10.1. The molecule has 0 aliphatic carbocycles. The fourth-order valence-electron chi connectivity index (χ4n) is 4.24. The van der Waals surface area contributed by atoms with Crippen molar-refractivity contribution in [1.82, 2.24) is 4.31 Å². The molecule has 11 heteroatoms. The van der Waals surface area contributed by atoms with Crippen LogP contribution < -0.4 is 10.2 Å². The normalized spacial score (nSPS) is 17.4. The molecule has 0 spiro atoms. The standard InChI is InChI=1S/C23H28N4O6S/c1-17-5-7-19(34(31,32)26-9-3-2-4-10-26)16-21(17)24-23(28)20-15-18(27(29)30)6-8-22(20)25-11-13-33-14-12-25/h5-8,15-16H,2-4,9-14H2,1H3,(H,24,28). The minimum Gasteiger partial charge on any atom is -0.378 e. The molecule has 1 amide bonds. The number of rotatable bonds is 6. The zero-order valence-corrected chi connectivity index (χ0v) is 19.8. The van der Waals surface area contributed by atoms with E-state index < -0.39 is 20.9 Å². The fraction of sp³-hybridized carbons (Fsp3) is 0.435. The molecule has 0 atom stereocenters. The number of nitro groups is 1. The molecule has 182 valence electrons. The number of hydrogen-bond acceptors (Lipinski definition) is 7. The number of carbonyl (C=O) groups is 1. The largest absolute Gasteiger partial charge is 0.378 e. The number of aryl methyl sites for hydroxylation is 1. The molecule has 2 fully saturated rings. The van der Waals surface area contributed by atoms with Crippen molar-refractivity contribution in [3.63, 3.8) is 0 Å². The van der Waals surface area contributed by atoms with E-state index in [1.807, 2.05) is 4.90 Å². The van der Waals surface area contributed by atoms with Gasteiger partial charge in [-0.1, -0.05) is 12.5 Å². The first-order chi connectivity index (χ1) is 16.3. The number of hydrogen-bond donors (Lipinski definition) is 1. The van der Waals surface area contributed by atoms with Gasteiger partial charge in [0.05, 0.1) is 34.3 Å². The lowest BCUT2D eigenvalue weighted by Crippen LogP contribution is -2.37. The van der Waals surface area contributed by atoms with Crippen molar-refractivity contribution in [3.8, 4) is 0 Å². The summed E-state index contributed by atoms with van der Waals surface area (Å²) in [6.45, 7) is 4.83. The predicted octanol–water partition coefficient (Wildman–Crippen LogP) is 3.17. The van der Waals surface area contributed by atoms with Crippen LogP contribution in [0.15, 0.2) is 41.3 Å². The lowest BCUT2D eigenvalue weighted by Gasteiger charge is -2.30. The average molecular weight is 489 g/mol. The molecule has 2 heterocycles. The minimum atomic E-state index is -3.67. The Morgan fingerprint density at radius 3 is 2.41 bits per heavy atom. The number of carbonyl (C=O) groups excluding carboxylic acids is 1. The highest BCUT2D eigenvalue weighted by Crippen LogP contribution is 2.29. The summed E-state index contributed by atoms with van der Waals surface area (Å²) in [6, 6.07) is 8.86. The molecular formula is C23H28N4O6S. The number of sulfonamides is 1. The quantitative estimate of drug-likeness (QED) is 0.489. The van der Waals surface area contributed by atoms with E-state index >= 15 is 0 Å². The van der Waals surface area contributed by atoms with Crippen molar-refractivity contribution < 1.29 is 22.9 Å². The van der Waals surface area contributed by atoms with Gasteiger partial charge in [-0.25, -0.2) is 8.42 Å². The Bertz CT molecular complexity index is 1190. The van der Waals surface area contributed by atoms with Gasteiger partial charge in [0, 0.05) is 44.0 Å². The van der Waals surface area contributed by atoms with Crippen molar-refractivity contribution in [2.75, 3.05) is 49.6 Å². The summed E-state index contributed by atoms with van der Waals surface area (Å²) in [5, 5.41) is 14.1. The van der Waals surface area contributed by atoms with Crippen LogP contribution in [-0.2, 0) is 14.8 Å². The first kappa shape index (κ1) is 24.1. The van der Waals surface area contributed by atoms with Crippen LogP contribution >= 0.6 is 0 Å². The highest BCUT2D eigenvalue weighted by Gasteiger charge is 2.27. The first-order valence-corrected chi connectivity index (χ1v) is 12.7. The maximum atomic E-state index is 13.3. The van der Waals surface area contributed by atoms with Gasteiger partial charge in [0.2, 0.25) is 10.0 Å². The Kier molecular flexibility index (Phi) is 7.15. The molecule has 4 rings (SSSR count). The molecule has 34 heavy (non-hydrogen) atoms. The zero-order valence-electron chi connectivity index (χ0n) is 19.0. The number of morpholine rings is 1. The molecular weight excluding hydrogens is 460 g/mol. The second-order valence-electron chi connectivity index (χ2n) is 8.45. The summed E-state index contributed by atoms with van der Waals surface area (Å²) in [7, 11) is -3.67. The third kappa shape index (κ3) is 5.06. The number of non-ortho nitro benzene ring substituents is 1. The van der Waals surface area contributed by atoms with Crippen LogP contribution in [0.5, 0.6) is 0 Å². The van der Waals surface area contributed by atoms with E-state index in [-0.39, 0.29) is 16.1 Å². The van der Waals surface area contributed by atoms with Crippen LogP contribution in [0.1, 0.15) is 35.2 Å². The number of ether oxygens (including phenoxy) is 1. The Morgan fingerprint density at radius 2 is 1.74 bits per heavy atom. The number of amides is 1. The van der Waals surface area contributed by atoms with E-state index in [0.717, 1.165) is 19.3 Å². The Labute approximate surface area is 198 Å². The molecule has 0 radical (unpaired) electrons. The summed E-state index contributed by atoms with van der Waals surface area (Å²) in [6.07, 6.45) is 2.66. The van der Waals surface area contributed by atoms with Gasteiger partial charge < -0.3 is 15.0 Å². The average Bonchev–Trinajstić information content (AvgIpc) is 2.86. The third-order valence-corrected chi connectivity index (χ3v) is 8.09. The van der Waals surface area contributed by atoms with Crippen molar-refractivity contribution in [2.45, 2.75) is 31.1 Å². The summed E-state index contributed by atoms with van der Waals surface area (Å²) >= 11 is 0. The summed E-state index contributed by atoms with van der Waals surface area (Å²) in [5.41, 5.74) is 1.56. The van der Waals surface area contributed by atoms with Gasteiger partial charge in [-0.05, 0) is 43.5 Å².